The van der Waals surface area contributed by atoms with E-state index >= 15 is 0 Å². The minimum absolute atomic E-state index is 1.15. The average Bonchev–Trinajstić information content (AvgIpc) is 2.21. The standard InChI is InChI=1S/C12H15N/c1-3-7-11(8-4-1)13-12-9-5-2-6-10-12/h1-3,5,7,9,13H,4,6,8,10H2. The molecule has 0 aromatic carbocycles. The van der Waals surface area contributed by atoms with Gasteiger partial charge in [-0.05, 0) is 37.8 Å². The number of allylic oxidation sites excluding steroid dienone is 8. The van der Waals surface area contributed by atoms with Gasteiger partial charge in [0.25, 0.3) is 0 Å². The van der Waals surface area contributed by atoms with Crippen LogP contribution in [0.5, 0.6) is 0 Å². The van der Waals surface area contributed by atoms with Gasteiger partial charge in [0.2, 0.25) is 0 Å². The molecule has 1 heteroatoms. The van der Waals surface area contributed by atoms with E-state index in [-0.39, 0.29) is 0 Å². The van der Waals surface area contributed by atoms with Crippen molar-refractivity contribution in [2.45, 2.75) is 25.7 Å². The fourth-order valence-corrected chi connectivity index (χ4v) is 1.62. The van der Waals surface area contributed by atoms with Gasteiger partial charge in [0, 0.05) is 11.4 Å². The van der Waals surface area contributed by atoms with Gasteiger partial charge in [0.05, 0.1) is 0 Å². The SMILES string of the molecule is C1=CCCC(NC2=CC=CCC2)=C1. The van der Waals surface area contributed by atoms with Crippen molar-refractivity contribution in [3.05, 3.63) is 47.9 Å². The summed E-state index contributed by atoms with van der Waals surface area (Å²) in [4.78, 5) is 0. The molecule has 13 heavy (non-hydrogen) atoms. The average molecular weight is 173 g/mol. The first-order valence-corrected chi connectivity index (χ1v) is 4.93. The predicted octanol–water partition coefficient (Wildman–Crippen LogP) is 3.04. The second-order valence-electron chi connectivity index (χ2n) is 3.44. The topological polar surface area (TPSA) is 12.0 Å². The summed E-state index contributed by atoms with van der Waals surface area (Å²) in [7, 11) is 0. The minimum Gasteiger partial charge on any atom is -0.362 e. The largest absolute Gasteiger partial charge is 0.362 e. The molecule has 2 aliphatic rings. The number of hydrogen-bond donors (Lipinski definition) is 1. The summed E-state index contributed by atoms with van der Waals surface area (Å²) in [5, 5.41) is 3.48. The molecule has 2 rings (SSSR count). The van der Waals surface area contributed by atoms with E-state index in [1.165, 1.54) is 24.2 Å². The van der Waals surface area contributed by atoms with Crippen LogP contribution in [0.1, 0.15) is 25.7 Å². The molecule has 1 N–H and O–H groups in total. The Balaban J connectivity index is 1.96. The number of nitrogens with one attached hydrogen (secondary N) is 1. The van der Waals surface area contributed by atoms with Gasteiger partial charge in [-0.2, -0.15) is 0 Å². The zero-order chi connectivity index (χ0) is 8.93. The van der Waals surface area contributed by atoms with Crippen molar-refractivity contribution < 1.29 is 0 Å². The molecular weight excluding hydrogens is 158 g/mol. The van der Waals surface area contributed by atoms with Gasteiger partial charge in [-0.25, -0.2) is 0 Å². The lowest BCUT2D eigenvalue weighted by Crippen LogP contribution is -2.14. The van der Waals surface area contributed by atoms with Crippen LogP contribution in [0.4, 0.5) is 0 Å². The first-order chi connectivity index (χ1) is 6.45. The molecule has 0 aromatic rings. The molecule has 0 bridgehead atoms. The molecule has 0 saturated heterocycles. The maximum Gasteiger partial charge on any atom is 0.0151 e. The van der Waals surface area contributed by atoms with Gasteiger partial charge < -0.3 is 5.32 Å². The zero-order valence-corrected chi connectivity index (χ0v) is 7.79. The van der Waals surface area contributed by atoms with Crippen LogP contribution in [0.3, 0.4) is 0 Å². The smallest absolute Gasteiger partial charge is 0.0151 e. The molecule has 0 atom stereocenters. The third-order valence-corrected chi connectivity index (χ3v) is 2.35. The van der Waals surface area contributed by atoms with Crippen molar-refractivity contribution in [3.8, 4) is 0 Å². The van der Waals surface area contributed by atoms with Crippen molar-refractivity contribution in [1.29, 1.82) is 0 Å². The summed E-state index contributed by atoms with van der Waals surface area (Å²) in [5.41, 5.74) is 2.70. The molecule has 2 aliphatic carbocycles. The van der Waals surface area contributed by atoms with E-state index in [1.807, 2.05) is 0 Å². The molecule has 0 aromatic heterocycles. The summed E-state index contributed by atoms with van der Waals surface area (Å²) in [6, 6.07) is 0. The van der Waals surface area contributed by atoms with Crippen molar-refractivity contribution in [2.75, 3.05) is 0 Å². The summed E-state index contributed by atoms with van der Waals surface area (Å²) >= 11 is 0. The summed E-state index contributed by atoms with van der Waals surface area (Å²) in [6.07, 6.45) is 17.7. The van der Waals surface area contributed by atoms with Crippen molar-refractivity contribution in [3.63, 3.8) is 0 Å². The fraction of sp³-hybridized carbons (Fsp3) is 0.333. The van der Waals surface area contributed by atoms with Gasteiger partial charge in [-0.1, -0.05) is 24.3 Å². The number of hydrogen-bond acceptors (Lipinski definition) is 1. The van der Waals surface area contributed by atoms with Gasteiger partial charge in [-0.3, -0.25) is 0 Å². The Bertz CT molecular complexity index is 262. The highest BCUT2D eigenvalue weighted by Crippen LogP contribution is 2.14. The van der Waals surface area contributed by atoms with E-state index in [0.717, 1.165) is 12.8 Å². The Kier molecular flexibility index (Phi) is 2.65. The maximum atomic E-state index is 3.48. The summed E-state index contributed by atoms with van der Waals surface area (Å²) < 4.78 is 0. The predicted molar refractivity (Wildman–Crippen MR) is 56.0 cm³/mol. The van der Waals surface area contributed by atoms with Crippen LogP contribution in [0.15, 0.2) is 47.9 Å². The molecule has 0 aliphatic heterocycles. The second kappa shape index (κ2) is 4.13. The molecule has 0 spiro atoms. The normalized spacial score (nSPS) is 20.9. The van der Waals surface area contributed by atoms with E-state index in [9.17, 15) is 0 Å². The van der Waals surface area contributed by atoms with E-state index < -0.39 is 0 Å². The molecule has 0 radical (unpaired) electrons. The van der Waals surface area contributed by atoms with Crippen LogP contribution in [0.25, 0.3) is 0 Å². The van der Waals surface area contributed by atoms with Crippen molar-refractivity contribution in [1.82, 2.24) is 5.32 Å². The lowest BCUT2D eigenvalue weighted by molar-refractivity contribution is 0.782. The highest BCUT2D eigenvalue weighted by Gasteiger charge is 2.03. The molecule has 0 amide bonds. The quantitative estimate of drug-likeness (QED) is 0.676. The van der Waals surface area contributed by atoms with Gasteiger partial charge >= 0.3 is 0 Å². The lowest BCUT2D eigenvalue weighted by Gasteiger charge is -2.16. The first kappa shape index (κ1) is 8.36. The Labute approximate surface area is 79.5 Å². The molecule has 0 fully saturated rings. The van der Waals surface area contributed by atoms with Crippen LogP contribution in [0.2, 0.25) is 0 Å². The van der Waals surface area contributed by atoms with Crippen molar-refractivity contribution >= 4 is 0 Å². The van der Waals surface area contributed by atoms with Crippen LogP contribution in [-0.4, -0.2) is 0 Å². The Morgan fingerprint density at radius 2 is 1.38 bits per heavy atom. The van der Waals surface area contributed by atoms with E-state index in [2.05, 4.69) is 41.8 Å². The molecular formula is C12H15N. The molecule has 1 nitrogen and oxygen atoms in total. The zero-order valence-electron chi connectivity index (χ0n) is 7.79. The van der Waals surface area contributed by atoms with Crippen molar-refractivity contribution in [2.24, 2.45) is 0 Å². The maximum absolute atomic E-state index is 3.48. The molecule has 68 valence electrons. The Morgan fingerprint density at radius 3 is 1.77 bits per heavy atom. The number of rotatable bonds is 2. The van der Waals surface area contributed by atoms with Gasteiger partial charge in [0.15, 0.2) is 0 Å². The molecule has 0 unspecified atom stereocenters. The third kappa shape index (κ3) is 2.35. The van der Waals surface area contributed by atoms with E-state index in [0.29, 0.717) is 0 Å². The highest BCUT2D eigenvalue weighted by molar-refractivity contribution is 5.24. The van der Waals surface area contributed by atoms with Crippen LogP contribution >= 0.6 is 0 Å². The van der Waals surface area contributed by atoms with Crippen LogP contribution in [0, 0.1) is 0 Å². The van der Waals surface area contributed by atoms with E-state index in [1.54, 1.807) is 0 Å². The molecule has 0 heterocycles. The Morgan fingerprint density at radius 1 is 0.846 bits per heavy atom. The molecule has 0 saturated carbocycles. The third-order valence-electron chi connectivity index (χ3n) is 2.35. The van der Waals surface area contributed by atoms with Crippen LogP contribution in [-0.2, 0) is 0 Å². The van der Waals surface area contributed by atoms with Crippen LogP contribution < -0.4 is 5.32 Å². The highest BCUT2D eigenvalue weighted by atomic mass is 14.9. The first-order valence-electron chi connectivity index (χ1n) is 4.93. The summed E-state index contributed by atoms with van der Waals surface area (Å²) in [6.45, 7) is 0. The summed E-state index contributed by atoms with van der Waals surface area (Å²) in [5.74, 6) is 0. The van der Waals surface area contributed by atoms with Gasteiger partial charge in [0.1, 0.15) is 0 Å². The monoisotopic (exact) mass is 173 g/mol. The minimum atomic E-state index is 1.15. The second-order valence-corrected chi connectivity index (χ2v) is 3.44. The van der Waals surface area contributed by atoms with E-state index in [4.69, 9.17) is 0 Å². The lowest BCUT2D eigenvalue weighted by atomic mass is 10.1. The fourth-order valence-electron chi connectivity index (χ4n) is 1.62. The van der Waals surface area contributed by atoms with Gasteiger partial charge in [-0.15, -0.1) is 0 Å². The Hall–Kier alpha value is -1.24.